The lowest BCUT2D eigenvalue weighted by Crippen LogP contribution is -2.54. The summed E-state index contributed by atoms with van der Waals surface area (Å²) >= 11 is 0. The van der Waals surface area contributed by atoms with Gasteiger partial charge in [0.25, 0.3) is 5.91 Å². The molecule has 144 valence electrons. The predicted octanol–water partition coefficient (Wildman–Crippen LogP) is 2.90. The quantitative estimate of drug-likeness (QED) is 0.886. The van der Waals surface area contributed by atoms with Crippen LogP contribution in [-0.4, -0.2) is 58.5 Å². The number of hydrogen-bond acceptors (Lipinski definition) is 2. The number of nitrogens with zero attached hydrogens (tertiary/aromatic N) is 3. The lowest BCUT2D eigenvalue weighted by Gasteiger charge is -2.35. The van der Waals surface area contributed by atoms with E-state index < -0.39 is 0 Å². The number of nitrogens with one attached hydrogen (secondary N) is 1. The first kappa shape index (κ1) is 17.9. The number of amides is 3. The van der Waals surface area contributed by atoms with Crippen LogP contribution in [0.4, 0.5) is 4.79 Å². The van der Waals surface area contributed by atoms with Crippen LogP contribution in [0, 0.1) is 6.92 Å². The van der Waals surface area contributed by atoms with Gasteiger partial charge in [-0.05, 0) is 25.8 Å². The Morgan fingerprint density at radius 2 is 1.63 bits per heavy atom. The maximum Gasteiger partial charge on any atom is 0.317 e. The van der Waals surface area contributed by atoms with Crippen molar-refractivity contribution < 1.29 is 9.59 Å². The highest BCUT2D eigenvalue weighted by Gasteiger charge is 2.29. The first-order chi connectivity index (χ1) is 13.1. The molecule has 0 atom stereocenters. The van der Waals surface area contributed by atoms with E-state index in [1.165, 1.54) is 12.8 Å². The van der Waals surface area contributed by atoms with Crippen molar-refractivity contribution in [2.75, 3.05) is 26.2 Å². The molecule has 0 unspecified atom stereocenters. The molecule has 3 amide bonds. The van der Waals surface area contributed by atoms with Gasteiger partial charge in [0.05, 0.1) is 5.56 Å². The van der Waals surface area contributed by atoms with Crippen molar-refractivity contribution in [3.63, 3.8) is 0 Å². The standard InChI is InChI=1S/C21H28N4O2/c1-15-19(17-9-5-6-10-18(17)23(15)2)20(26)24-11-13-25(14-12-24)21(27)22-16-7-3-4-8-16/h5-6,9-10,16H,3-4,7-8,11-14H2,1-2H3,(H,22,27). The van der Waals surface area contributed by atoms with E-state index in [-0.39, 0.29) is 11.9 Å². The lowest BCUT2D eigenvalue weighted by atomic mass is 10.1. The second-order valence-electron chi connectivity index (χ2n) is 7.75. The Morgan fingerprint density at radius 3 is 2.33 bits per heavy atom. The van der Waals surface area contributed by atoms with Gasteiger partial charge in [-0.15, -0.1) is 0 Å². The van der Waals surface area contributed by atoms with Gasteiger partial charge in [-0.3, -0.25) is 4.79 Å². The number of para-hydroxylation sites is 1. The van der Waals surface area contributed by atoms with E-state index in [9.17, 15) is 9.59 Å². The van der Waals surface area contributed by atoms with Gasteiger partial charge in [-0.25, -0.2) is 4.79 Å². The van der Waals surface area contributed by atoms with Gasteiger partial charge in [0.1, 0.15) is 0 Å². The molecular weight excluding hydrogens is 340 g/mol. The minimum absolute atomic E-state index is 0.0235. The summed E-state index contributed by atoms with van der Waals surface area (Å²) in [4.78, 5) is 29.4. The number of benzene rings is 1. The molecule has 0 bridgehead atoms. The number of fused-ring (bicyclic) bond motifs is 1. The molecule has 1 aliphatic heterocycles. The SMILES string of the molecule is Cc1c(C(=O)N2CCN(C(=O)NC3CCCC3)CC2)c2ccccc2n1C. The molecular formula is C21H28N4O2. The van der Waals surface area contributed by atoms with E-state index in [2.05, 4.69) is 9.88 Å². The van der Waals surface area contributed by atoms with Gasteiger partial charge in [0.2, 0.25) is 0 Å². The number of carbonyl (C=O) groups is 2. The number of carbonyl (C=O) groups excluding carboxylic acids is 2. The summed E-state index contributed by atoms with van der Waals surface area (Å²) in [5, 5.41) is 4.14. The average molecular weight is 368 g/mol. The molecule has 0 spiro atoms. The minimum atomic E-state index is 0.0235. The minimum Gasteiger partial charge on any atom is -0.347 e. The second-order valence-corrected chi connectivity index (χ2v) is 7.75. The van der Waals surface area contributed by atoms with Crippen molar-refractivity contribution in [2.24, 2.45) is 7.05 Å². The van der Waals surface area contributed by atoms with Crippen LogP contribution in [0.15, 0.2) is 24.3 Å². The van der Waals surface area contributed by atoms with Gasteiger partial charge in [0, 0.05) is 55.9 Å². The maximum absolute atomic E-state index is 13.2. The molecule has 6 heteroatoms. The Kier molecular flexibility index (Phi) is 4.81. The third kappa shape index (κ3) is 3.29. The molecule has 1 N–H and O–H groups in total. The molecule has 1 saturated carbocycles. The third-order valence-electron chi connectivity index (χ3n) is 6.15. The first-order valence-electron chi connectivity index (χ1n) is 9.95. The van der Waals surface area contributed by atoms with Crippen molar-refractivity contribution in [3.8, 4) is 0 Å². The number of hydrogen-bond donors (Lipinski definition) is 1. The Morgan fingerprint density at radius 1 is 1.00 bits per heavy atom. The highest BCUT2D eigenvalue weighted by atomic mass is 16.2. The Hall–Kier alpha value is -2.50. The van der Waals surface area contributed by atoms with Crippen molar-refractivity contribution in [2.45, 2.75) is 38.6 Å². The summed E-state index contributed by atoms with van der Waals surface area (Å²) in [6.45, 7) is 4.35. The molecule has 2 heterocycles. The smallest absolute Gasteiger partial charge is 0.317 e. The first-order valence-corrected chi connectivity index (χ1v) is 9.95. The zero-order chi connectivity index (χ0) is 19.0. The number of piperazine rings is 1. The monoisotopic (exact) mass is 368 g/mol. The van der Waals surface area contributed by atoms with E-state index in [4.69, 9.17) is 0 Å². The zero-order valence-corrected chi connectivity index (χ0v) is 16.2. The van der Waals surface area contributed by atoms with Gasteiger partial charge < -0.3 is 19.7 Å². The molecule has 2 aliphatic rings. The molecule has 1 aliphatic carbocycles. The second kappa shape index (κ2) is 7.25. The highest BCUT2D eigenvalue weighted by molar-refractivity contribution is 6.08. The molecule has 0 radical (unpaired) electrons. The Balaban J connectivity index is 1.43. The van der Waals surface area contributed by atoms with Crippen molar-refractivity contribution in [3.05, 3.63) is 35.5 Å². The van der Waals surface area contributed by atoms with Crippen molar-refractivity contribution in [1.29, 1.82) is 0 Å². The molecule has 6 nitrogen and oxygen atoms in total. The van der Waals surface area contributed by atoms with Crippen LogP contribution < -0.4 is 5.32 Å². The normalized spacial score (nSPS) is 18.3. The molecule has 27 heavy (non-hydrogen) atoms. The topological polar surface area (TPSA) is 57.6 Å². The highest BCUT2D eigenvalue weighted by Crippen LogP contribution is 2.26. The maximum atomic E-state index is 13.2. The summed E-state index contributed by atoms with van der Waals surface area (Å²) in [6, 6.07) is 8.39. The van der Waals surface area contributed by atoms with E-state index in [0.717, 1.165) is 35.0 Å². The molecule has 1 aromatic heterocycles. The summed E-state index contributed by atoms with van der Waals surface area (Å²) in [6.07, 6.45) is 4.59. The fraction of sp³-hybridized carbons (Fsp3) is 0.524. The predicted molar refractivity (Wildman–Crippen MR) is 106 cm³/mol. The number of urea groups is 1. The molecule has 4 rings (SSSR count). The van der Waals surface area contributed by atoms with Crippen LogP contribution >= 0.6 is 0 Å². The van der Waals surface area contributed by atoms with Crippen LogP contribution in [0.2, 0.25) is 0 Å². The van der Waals surface area contributed by atoms with Crippen LogP contribution in [0.1, 0.15) is 41.7 Å². The van der Waals surface area contributed by atoms with Crippen LogP contribution in [0.3, 0.4) is 0 Å². The van der Waals surface area contributed by atoms with Gasteiger partial charge in [-0.1, -0.05) is 31.0 Å². The molecule has 1 aromatic carbocycles. The van der Waals surface area contributed by atoms with E-state index in [1.807, 2.05) is 48.0 Å². The summed E-state index contributed by atoms with van der Waals surface area (Å²) in [7, 11) is 2.00. The van der Waals surface area contributed by atoms with E-state index in [1.54, 1.807) is 0 Å². The lowest BCUT2D eigenvalue weighted by molar-refractivity contribution is 0.0664. The zero-order valence-electron chi connectivity index (χ0n) is 16.2. The Bertz CT molecular complexity index is 858. The van der Waals surface area contributed by atoms with Gasteiger partial charge in [-0.2, -0.15) is 0 Å². The van der Waals surface area contributed by atoms with Crippen LogP contribution in [-0.2, 0) is 7.05 Å². The Labute approximate surface area is 160 Å². The van der Waals surface area contributed by atoms with Crippen LogP contribution in [0.25, 0.3) is 10.9 Å². The van der Waals surface area contributed by atoms with Gasteiger partial charge in [0.15, 0.2) is 0 Å². The van der Waals surface area contributed by atoms with E-state index >= 15 is 0 Å². The molecule has 2 fully saturated rings. The molecule has 2 aromatic rings. The van der Waals surface area contributed by atoms with Crippen molar-refractivity contribution in [1.82, 2.24) is 19.7 Å². The average Bonchev–Trinajstić information content (AvgIpc) is 3.29. The number of rotatable bonds is 2. The van der Waals surface area contributed by atoms with Gasteiger partial charge >= 0.3 is 6.03 Å². The summed E-state index contributed by atoms with van der Waals surface area (Å²) in [5.74, 6) is 0.0696. The number of aromatic nitrogens is 1. The third-order valence-corrected chi connectivity index (χ3v) is 6.15. The van der Waals surface area contributed by atoms with Crippen LogP contribution in [0.5, 0.6) is 0 Å². The fourth-order valence-electron chi connectivity index (χ4n) is 4.40. The molecule has 1 saturated heterocycles. The van der Waals surface area contributed by atoms with E-state index in [0.29, 0.717) is 32.2 Å². The fourth-order valence-corrected chi connectivity index (χ4v) is 4.40. The van der Waals surface area contributed by atoms with Crippen molar-refractivity contribution >= 4 is 22.8 Å². The number of aryl methyl sites for hydroxylation is 1. The largest absolute Gasteiger partial charge is 0.347 e. The summed E-state index contributed by atoms with van der Waals surface area (Å²) in [5.41, 5.74) is 2.85. The summed E-state index contributed by atoms with van der Waals surface area (Å²) < 4.78 is 2.08.